The number of amides is 1. The molecule has 0 aliphatic carbocycles. The van der Waals surface area contributed by atoms with Gasteiger partial charge in [0.15, 0.2) is 0 Å². The van der Waals surface area contributed by atoms with Gasteiger partial charge in [0.05, 0.1) is 23.3 Å². The average Bonchev–Trinajstić information content (AvgIpc) is 2.98. The van der Waals surface area contributed by atoms with E-state index in [2.05, 4.69) is 5.10 Å². The zero-order valence-electron chi connectivity index (χ0n) is 15.1. The minimum absolute atomic E-state index is 0.0474. The van der Waals surface area contributed by atoms with Crippen LogP contribution in [0.15, 0.2) is 65.4 Å². The van der Waals surface area contributed by atoms with E-state index >= 15 is 0 Å². The Bertz CT molecular complexity index is 931. The lowest BCUT2D eigenvalue weighted by Crippen LogP contribution is -2.22. The number of non-ortho nitro benzene ring substituents is 1. The second-order valence-corrected chi connectivity index (χ2v) is 6.07. The molecule has 0 radical (unpaired) electrons. The first-order chi connectivity index (χ1) is 12.9. The molecule has 0 N–H and O–H groups in total. The summed E-state index contributed by atoms with van der Waals surface area (Å²) in [6.07, 6.45) is 1.71. The summed E-state index contributed by atoms with van der Waals surface area (Å²) >= 11 is 0. The van der Waals surface area contributed by atoms with E-state index in [1.54, 1.807) is 30.3 Å². The second kappa shape index (κ2) is 7.28. The number of nitro benzene ring substituents is 1. The fourth-order valence-corrected chi connectivity index (χ4v) is 2.64. The number of hydrogen-bond donors (Lipinski definition) is 0. The maximum Gasteiger partial charge on any atom is 0.282 e. The molecule has 0 saturated carbocycles. The van der Waals surface area contributed by atoms with Crippen LogP contribution in [0.3, 0.4) is 0 Å². The van der Waals surface area contributed by atoms with Crippen molar-refractivity contribution >= 4 is 23.0 Å². The first-order valence-corrected chi connectivity index (χ1v) is 8.11. The number of carbonyl (C=O) groups is 1. The number of benzene rings is 2. The number of carbonyl (C=O) groups excluding carboxylic acids is 1. The SMILES string of the molecule is COc1ccc(C2=NN(c3ccc([N+](=O)[O-])cc3)C(=O)C2=CN(C)C)cc1. The minimum Gasteiger partial charge on any atom is -0.497 e. The number of nitrogens with zero attached hydrogens (tertiary/aromatic N) is 4. The normalized spacial score (nSPS) is 15.1. The van der Waals surface area contributed by atoms with Crippen molar-refractivity contribution in [3.05, 3.63) is 76.0 Å². The van der Waals surface area contributed by atoms with Gasteiger partial charge in [-0.25, -0.2) is 0 Å². The fourth-order valence-electron chi connectivity index (χ4n) is 2.64. The third-order valence-corrected chi connectivity index (χ3v) is 3.93. The van der Waals surface area contributed by atoms with Crippen LogP contribution < -0.4 is 9.75 Å². The fraction of sp³-hybridized carbons (Fsp3) is 0.158. The first-order valence-electron chi connectivity index (χ1n) is 8.11. The van der Waals surface area contributed by atoms with Crippen LogP contribution in [0.25, 0.3) is 0 Å². The Labute approximate surface area is 156 Å². The van der Waals surface area contributed by atoms with Crippen LogP contribution in [0, 0.1) is 10.1 Å². The van der Waals surface area contributed by atoms with Gasteiger partial charge in [0.1, 0.15) is 11.5 Å². The summed E-state index contributed by atoms with van der Waals surface area (Å²) < 4.78 is 5.17. The lowest BCUT2D eigenvalue weighted by atomic mass is 10.0. The summed E-state index contributed by atoms with van der Waals surface area (Å²) in [5.74, 6) is 0.400. The van der Waals surface area contributed by atoms with Gasteiger partial charge in [-0.1, -0.05) is 0 Å². The lowest BCUT2D eigenvalue weighted by molar-refractivity contribution is -0.384. The van der Waals surface area contributed by atoms with E-state index in [1.165, 1.54) is 29.3 Å². The highest BCUT2D eigenvalue weighted by molar-refractivity contribution is 6.35. The summed E-state index contributed by atoms with van der Waals surface area (Å²) in [6.45, 7) is 0. The van der Waals surface area contributed by atoms with Gasteiger partial charge >= 0.3 is 0 Å². The number of ether oxygens (including phenoxy) is 1. The summed E-state index contributed by atoms with van der Waals surface area (Å²) in [5, 5.41) is 16.6. The number of anilines is 1. The van der Waals surface area contributed by atoms with E-state index < -0.39 is 4.92 Å². The Morgan fingerprint density at radius 2 is 1.74 bits per heavy atom. The molecular formula is C19H18N4O4. The van der Waals surface area contributed by atoms with E-state index in [1.807, 2.05) is 26.2 Å². The average molecular weight is 366 g/mol. The molecule has 27 heavy (non-hydrogen) atoms. The molecule has 138 valence electrons. The third-order valence-electron chi connectivity index (χ3n) is 3.93. The zero-order chi connectivity index (χ0) is 19.6. The number of nitro groups is 1. The van der Waals surface area contributed by atoms with Crippen molar-refractivity contribution in [2.75, 3.05) is 26.2 Å². The predicted molar refractivity (Wildman–Crippen MR) is 102 cm³/mol. The molecule has 0 unspecified atom stereocenters. The quantitative estimate of drug-likeness (QED) is 0.461. The third kappa shape index (κ3) is 3.64. The van der Waals surface area contributed by atoms with Gasteiger partial charge in [0.25, 0.3) is 11.6 Å². The monoisotopic (exact) mass is 366 g/mol. The van der Waals surface area contributed by atoms with E-state index in [0.29, 0.717) is 22.7 Å². The van der Waals surface area contributed by atoms with Crippen LogP contribution in [0.1, 0.15) is 5.56 Å². The van der Waals surface area contributed by atoms with Crippen molar-refractivity contribution < 1.29 is 14.5 Å². The van der Waals surface area contributed by atoms with Crippen molar-refractivity contribution in [1.29, 1.82) is 0 Å². The maximum atomic E-state index is 12.9. The van der Waals surface area contributed by atoms with Crippen LogP contribution in [0.4, 0.5) is 11.4 Å². The molecule has 0 fully saturated rings. The zero-order valence-corrected chi connectivity index (χ0v) is 15.1. The van der Waals surface area contributed by atoms with E-state index in [-0.39, 0.29) is 11.6 Å². The molecule has 1 heterocycles. The van der Waals surface area contributed by atoms with Crippen molar-refractivity contribution in [3.63, 3.8) is 0 Å². The van der Waals surface area contributed by atoms with Gasteiger partial charge in [0, 0.05) is 38.0 Å². The van der Waals surface area contributed by atoms with Crippen LogP contribution in [0.2, 0.25) is 0 Å². The Hall–Kier alpha value is -3.68. The molecule has 0 atom stereocenters. The maximum absolute atomic E-state index is 12.9. The van der Waals surface area contributed by atoms with E-state index in [4.69, 9.17) is 4.74 Å². The predicted octanol–water partition coefficient (Wildman–Crippen LogP) is 2.80. The van der Waals surface area contributed by atoms with Crippen LogP contribution in [-0.4, -0.2) is 42.6 Å². The van der Waals surface area contributed by atoms with Crippen LogP contribution >= 0.6 is 0 Å². The molecule has 1 aliphatic rings. The van der Waals surface area contributed by atoms with Crippen LogP contribution in [-0.2, 0) is 4.79 Å². The molecule has 8 nitrogen and oxygen atoms in total. The highest BCUT2D eigenvalue weighted by atomic mass is 16.6. The molecule has 0 bridgehead atoms. The summed E-state index contributed by atoms with van der Waals surface area (Å²) in [7, 11) is 5.22. The number of hydrogen-bond acceptors (Lipinski definition) is 6. The molecule has 1 amide bonds. The molecule has 2 aromatic rings. The summed E-state index contributed by atoms with van der Waals surface area (Å²) in [5.41, 5.74) is 2.13. The highest BCUT2D eigenvalue weighted by Crippen LogP contribution is 2.28. The summed E-state index contributed by atoms with van der Waals surface area (Å²) in [6, 6.07) is 12.9. The Morgan fingerprint density at radius 3 is 2.26 bits per heavy atom. The molecule has 2 aromatic carbocycles. The number of hydrazone groups is 1. The van der Waals surface area contributed by atoms with Gasteiger partial charge in [-0.05, 0) is 36.4 Å². The lowest BCUT2D eigenvalue weighted by Gasteiger charge is -2.12. The van der Waals surface area contributed by atoms with Crippen molar-refractivity contribution in [2.24, 2.45) is 5.10 Å². The molecule has 0 spiro atoms. The molecule has 3 rings (SSSR count). The second-order valence-electron chi connectivity index (χ2n) is 6.07. The van der Waals surface area contributed by atoms with Gasteiger partial charge in [-0.15, -0.1) is 0 Å². The topological polar surface area (TPSA) is 88.3 Å². The van der Waals surface area contributed by atoms with Crippen LogP contribution in [0.5, 0.6) is 5.75 Å². The minimum atomic E-state index is -0.487. The Kier molecular flexibility index (Phi) is 4.89. The van der Waals surface area contributed by atoms with Crippen molar-refractivity contribution in [3.8, 4) is 5.75 Å². The smallest absolute Gasteiger partial charge is 0.282 e. The molecular weight excluding hydrogens is 348 g/mol. The number of rotatable bonds is 5. The van der Waals surface area contributed by atoms with E-state index in [9.17, 15) is 14.9 Å². The standard InChI is InChI=1S/C19H18N4O4/c1-21(2)12-17-18(13-4-10-16(27-3)11-5-13)20-22(19(17)24)14-6-8-15(9-7-14)23(25)26/h4-12H,1-3H3. The Balaban J connectivity index is 2.03. The Morgan fingerprint density at radius 1 is 1.11 bits per heavy atom. The highest BCUT2D eigenvalue weighted by Gasteiger charge is 2.32. The molecule has 0 aromatic heterocycles. The first kappa shape index (κ1) is 18.1. The van der Waals surface area contributed by atoms with Gasteiger partial charge in [-0.2, -0.15) is 10.1 Å². The van der Waals surface area contributed by atoms with E-state index in [0.717, 1.165) is 5.56 Å². The number of methoxy groups -OCH3 is 1. The van der Waals surface area contributed by atoms with Gasteiger partial charge in [0.2, 0.25) is 0 Å². The van der Waals surface area contributed by atoms with Gasteiger partial charge < -0.3 is 9.64 Å². The molecule has 8 heteroatoms. The van der Waals surface area contributed by atoms with Gasteiger partial charge in [-0.3, -0.25) is 14.9 Å². The molecule has 1 aliphatic heterocycles. The largest absolute Gasteiger partial charge is 0.497 e. The van der Waals surface area contributed by atoms with Crippen molar-refractivity contribution in [1.82, 2.24) is 4.90 Å². The van der Waals surface area contributed by atoms with Crippen molar-refractivity contribution in [2.45, 2.75) is 0 Å². The summed E-state index contributed by atoms with van der Waals surface area (Å²) in [4.78, 5) is 25.0. The molecule has 0 saturated heterocycles.